The lowest BCUT2D eigenvalue weighted by molar-refractivity contribution is -0.134. The van der Waals surface area contributed by atoms with E-state index >= 15 is 0 Å². The minimum absolute atomic E-state index is 0.255. The van der Waals surface area contributed by atoms with Gasteiger partial charge in [-0.3, -0.25) is 14.6 Å². The summed E-state index contributed by atoms with van der Waals surface area (Å²) in [7, 11) is 0. The van der Waals surface area contributed by atoms with Crippen molar-refractivity contribution < 1.29 is 18.4 Å². The number of amides is 2. The molecule has 1 saturated heterocycles. The number of benzene rings is 2. The van der Waals surface area contributed by atoms with Gasteiger partial charge in [-0.1, -0.05) is 42.0 Å². The van der Waals surface area contributed by atoms with Crippen molar-refractivity contribution in [1.82, 2.24) is 15.2 Å². The summed E-state index contributed by atoms with van der Waals surface area (Å²) in [5.74, 6) is -4.62. The molecule has 1 aliphatic heterocycles. The molecule has 9 heteroatoms. The van der Waals surface area contributed by atoms with Gasteiger partial charge in [0, 0.05) is 28.5 Å². The fourth-order valence-electron chi connectivity index (χ4n) is 4.96. The average molecular weight is 521 g/mol. The molecule has 0 radical (unpaired) electrons. The van der Waals surface area contributed by atoms with Gasteiger partial charge >= 0.3 is 0 Å². The molecule has 1 N–H and O–H groups in total. The van der Waals surface area contributed by atoms with Crippen LogP contribution in [-0.2, 0) is 4.79 Å². The number of aromatic nitrogens is 1. The lowest BCUT2D eigenvalue weighted by Gasteiger charge is -2.31. The zero-order valence-corrected chi connectivity index (χ0v) is 20.5. The van der Waals surface area contributed by atoms with Gasteiger partial charge in [0.1, 0.15) is 5.54 Å². The number of carbonyl (C=O) groups is 2. The number of alkyl halides is 2. The summed E-state index contributed by atoms with van der Waals surface area (Å²) in [6, 6.07) is 15.0. The molecule has 1 saturated carbocycles. The lowest BCUT2D eigenvalue weighted by Crippen LogP contribution is -2.51. The maximum atomic E-state index is 14.2. The van der Waals surface area contributed by atoms with Gasteiger partial charge in [0.15, 0.2) is 0 Å². The van der Waals surface area contributed by atoms with Crippen molar-refractivity contribution in [1.29, 1.82) is 5.26 Å². The molecule has 1 aromatic heterocycles. The Bertz CT molecular complexity index is 1460. The molecule has 2 aliphatic rings. The topological polar surface area (TPSA) is 86.1 Å². The molecule has 2 amide bonds. The second-order valence-electron chi connectivity index (χ2n) is 9.55. The highest BCUT2D eigenvalue weighted by Crippen LogP contribution is 2.52. The van der Waals surface area contributed by atoms with Crippen LogP contribution in [-0.4, -0.2) is 46.2 Å². The highest BCUT2D eigenvalue weighted by Gasteiger charge is 2.62. The molecule has 0 spiro atoms. The van der Waals surface area contributed by atoms with Gasteiger partial charge in [-0.2, -0.15) is 5.26 Å². The van der Waals surface area contributed by atoms with Gasteiger partial charge in [-0.25, -0.2) is 8.78 Å². The number of carbonyl (C=O) groups excluding carboxylic acids is 2. The fourth-order valence-corrected chi connectivity index (χ4v) is 5.14. The summed E-state index contributed by atoms with van der Waals surface area (Å²) < 4.78 is 28.4. The summed E-state index contributed by atoms with van der Waals surface area (Å²) in [6.45, 7) is -1.29. The summed E-state index contributed by atoms with van der Waals surface area (Å²) in [6.07, 6.45) is 7.19. The van der Waals surface area contributed by atoms with E-state index in [9.17, 15) is 23.6 Å². The Morgan fingerprint density at radius 2 is 1.92 bits per heavy atom. The number of likely N-dealkylation sites (tertiary alicyclic amines) is 1. The Morgan fingerprint density at radius 1 is 1.16 bits per heavy atom. The highest BCUT2D eigenvalue weighted by molar-refractivity contribution is 6.31. The van der Waals surface area contributed by atoms with Crippen LogP contribution in [0, 0.1) is 17.2 Å². The van der Waals surface area contributed by atoms with E-state index in [0.29, 0.717) is 23.4 Å². The Morgan fingerprint density at radius 3 is 2.68 bits per heavy atom. The molecular weight excluding hydrogens is 498 g/mol. The van der Waals surface area contributed by atoms with E-state index in [1.165, 1.54) is 18.5 Å². The van der Waals surface area contributed by atoms with Crippen LogP contribution in [0.1, 0.15) is 40.7 Å². The third-order valence-corrected chi connectivity index (χ3v) is 7.16. The molecular formula is C28H23ClF2N4O2. The minimum atomic E-state index is -3.13. The molecule has 0 bridgehead atoms. The standard InChI is InChI=1S/C28H23ClF2N4O2/c29-23-8-5-19-11-18(1-3-20(19)12-23)2-4-21-13-33-10-9-24(21)26(37)34-14-25(36)35-17-28(30,31)15-27(35,16-32)22-6-7-22/h1-5,8-13,22H,6-7,14-15,17H2,(H,34,37)/b4-2+. The third-order valence-electron chi connectivity index (χ3n) is 6.92. The van der Waals surface area contributed by atoms with E-state index in [2.05, 4.69) is 10.3 Å². The molecule has 3 aromatic rings. The molecule has 37 heavy (non-hydrogen) atoms. The summed E-state index contributed by atoms with van der Waals surface area (Å²) in [4.78, 5) is 30.9. The first-order valence-electron chi connectivity index (χ1n) is 11.9. The van der Waals surface area contributed by atoms with Crippen molar-refractivity contribution in [3.05, 3.63) is 76.6 Å². The quantitative estimate of drug-likeness (QED) is 0.476. The number of nitrogens with zero attached hydrogens (tertiary/aromatic N) is 3. The van der Waals surface area contributed by atoms with E-state index in [0.717, 1.165) is 21.2 Å². The zero-order valence-electron chi connectivity index (χ0n) is 19.8. The first-order valence-corrected chi connectivity index (χ1v) is 12.3. The number of nitriles is 1. The molecule has 1 atom stereocenters. The Kier molecular flexibility index (Phi) is 6.42. The van der Waals surface area contributed by atoms with Crippen molar-refractivity contribution in [2.45, 2.75) is 30.7 Å². The van der Waals surface area contributed by atoms with Gasteiger partial charge in [0.2, 0.25) is 5.91 Å². The number of halogens is 3. The Labute approximate surface area is 217 Å². The summed E-state index contributed by atoms with van der Waals surface area (Å²) >= 11 is 6.05. The molecule has 1 aliphatic carbocycles. The molecule has 2 heterocycles. The maximum absolute atomic E-state index is 14.2. The van der Waals surface area contributed by atoms with E-state index < -0.39 is 42.8 Å². The third kappa shape index (κ3) is 5.05. The first-order chi connectivity index (χ1) is 17.7. The SMILES string of the molecule is N#CC1(C2CC2)CC(F)(F)CN1C(=O)CNC(=O)c1ccncc1/C=C/c1ccc2cc(Cl)ccc2c1. The van der Waals surface area contributed by atoms with Crippen molar-refractivity contribution in [3.63, 3.8) is 0 Å². The van der Waals surface area contributed by atoms with E-state index in [-0.39, 0.29) is 11.5 Å². The van der Waals surface area contributed by atoms with Crippen LogP contribution in [0.15, 0.2) is 54.9 Å². The van der Waals surface area contributed by atoms with Crippen LogP contribution in [0.25, 0.3) is 22.9 Å². The minimum Gasteiger partial charge on any atom is -0.343 e. The molecule has 5 rings (SSSR count). The van der Waals surface area contributed by atoms with Crippen molar-refractivity contribution in [2.75, 3.05) is 13.1 Å². The van der Waals surface area contributed by atoms with Gasteiger partial charge in [0.05, 0.1) is 25.6 Å². The lowest BCUT2D eigenvalue weighted by atomic mass is 9.91. The second kappa shape index (κ2) is 9.56. The van der Waals surface area contributed by atoms with Crippen LogP contribution in [0.4, 0.5) is 8.78 Å². The predicted molar refractivity (Wildman–Crippen MR) is 137 cm³/mol. The van der Waals surface area contributed by atoms with Crippen LogP contribution in [0.2, 0.25) is 5.02 Å². The summed E-state index contributed by atoms with van der Waals surface area (Å²) in [5, 5.41) is 14.9. The molecule has 2 aromatic carbocycles. The maximum Gasteiger partial charge on any atom is 0.268 e. The zero-order chi connectivity index (χ0) is 26.2. The highest BCUT2D eigenvalue weighted by atomic mass is 35.5. The number of nitrogens with one attached hydrogen (secondary N) is 1. The number of pyridine rings is 1. The van der Waals surface area contributed by atoms with Crippen molar-refractivity contribution in [3.8, 4) is 6.07 Å². The first kappa shape index (κ1) is 24.8. The average Bonchev–Trinajstić information content (AvgIpc) is 3.70. The van der Waals surface area contributed by atoms with E-state index in [1.807, 2.05) is 48.5 Å². The van der Waals surface area contributed by atoms with E-state index in [4.69, 9.17) is 11.6 Å². The number of fused-ring (bicyclic) bond motifs is 1. The number of hydrogen-bond donors (Lipinski definition) is 1. The van der Waals surface area contributed by atoms with Gasteiger partial charge in [-0.05, 0) is 59.4 Å². The number of rotatable bonds is 6. The van der Waals surface area contributed by atoms with Crippen LogP contribution in [0.3, 0.4) is 0 Å². The van der Waals surface area contributed by atoms with Crippen LogP contribution >= 0.6 is 11.6 Å². The van der Waals surface area contributed by atoms with Crippen LogP contribution < -0.4 is 5.32 Å². The van der Waals surface area contributed by atoms with Crippen molar-refractivity contribution >= 4 is 46.3 Å². The number of hydrogen-bond acceptors (Lipinski definition) is 4. The Hall–Kier alpha value is -3.83. The Balaban J connectivity index is 1.29. The smallest absolute Gasteiger partial charge is 0.268 e. The van der Waals surface area contributed by atoms with Gasteiger partial charge < -0.3 is 10.2 Å². The predicted octanol–water partition coefficient (Wildman–Crippen LogP) is 5.33. The monoisotopic (exact) mass is 520 g/mol. The van der Waals surface area contributed by atoms with Crippen LogP contribution in [0.5, 0.6) is 0 Å². The van der Waals surface area contributed by atoms with E-state index in [1.54, 1.807) is 6.08 Å². The van der Waals surface area contributed by atoms with Gasteiger partial charge in [0.25, 0.3) is 11.8 Å². The van der Waals surface area contributed by atoms with Gasteiger partial charge in [-0.15, -0.1) is 0 Å². The fraction of sp³-hybridized carbons (Fsp3) is 0.286. The largest absolute Gasteiger partial charge is 0.343 e. The normalized spacial score (nSPS) is 20.8. The second-order valence-corrected chi connectivity index (χ2v) is 9.99. The van der Waals surface area contributed by atoms with Crippen molar-refractivity contribution in [2.24, 2.45) is 5.92 Å². The molecule has 2 fully saturated rings. The molecule has 1 unspecified atom stereocenters. The molecule has 6 nitrogen and oxygen atoms in total. The molecule has 188 valence electrons. The summed E-state index contributed by atoms with van der Waals surface area (Å²) in [5.41, 5.74) is 0.206.